The van der Waals surface area contributed by atoms with Crippen molar-refractivity contribution in [3.8, 4) is 37.7 Å². The first kappa shape index (κ1) is 22.2. The van der Waals surface area contributed by atoms with E-state index in [-0.39, 0.29) is 0 Å². The SMILES string of the molecule is CCc1nc2cc(-c3ccc(-c4ccc(-c5ccccc5)s4)cc3)cc3c2n1-c1ccccc1S3(=O)=O. The molecule has 0 atom stereocenters. The second kappa shape index (κ2) is 8.26. The van der Waals surface area contributed by atoms with Crippen LogP contribution in [0.25, 0.3) is 48.7 Å². The largest absolute Gasteiger partial charge is 0.294 e. The maximum atomic E-state index is 13.7. The van der Waals surface area contributed by atoms with Crippen LogP contribution in [0.2, 0.25) is 0 Å². The molecule has 0 spiro atoms. The van der Waals surface area contributed by atoms with Crippen LogP contribution in [-0.2, 0) is 16.3 Å². The Morgan fingerprint density at radius 1 is 0.703 bits per heavy atom. The van der Waals surface area contributed by atoms with E-state index < -0.39 is 9.84 Å². The number of aromatic nitrogens is 2. The van der Waals surface area contributed by atoms with E-state index in [1.807, 2.05) is 35.8 Å². The van der Waals surface area contributed by atoms with Gasteiger partial charge in [0.1, 0.15) is 5.82 Å². The molecule has 4 aromatic carbocycles. The van der Waals surface area contributed by atoms with Gasteiger partial charge < -0.3 is 0 Å². The predicted molar refractivity (Wildman–Crippen MR) is 150 cm³/mol. The Hall–Kier alpha value is -4.00. The van der Waals surface area contributed by atoms with Crippen LogP contribution in [0.4, 0.5) is 0 Å². The minimum Gasteiger partial charge on any atom is -0.294 e. The molecule has 0 N–H and O–H groups in total. The number of hydrogen-bond acceptors (Lipinski definition) is 4. The van der Waals surface area contributed by atoms with Gasteiger partial charge in [0.05, 0.1) is 26.5 Å². The number of hydrogen-bond donors (Lipinski definition) is 0. The molecule has 0 amide bonds. The molecule has 3 heterocycles. The fourth-order valence-electron chi connectivity index (χ4n) is 5.15. The second-order valence-corrected chi connectivity index (χ2v) is 12.1. The molecule has 6 aromatic rings. The van der Waals surface area contributed by atoms with Crippen LogP contribution in [0.1, 0.15) is 12.7 Å². The van der Waals surface area contributed by atoms with Crippen molar-refractivity contribution < 1.29 is 8.42 Å². The minimum atomic E-state index is -3.67. The molecule has 0 unspecified atom stereocenters. The van der Waals surface area contributed by atoms with E-state index in [1.54, 1.807) is 29.5 Å². The van der Waals surface area contributed by atoms with Crippen molar-refractivity contribution in [1.29, 1.82) is 0 Å². The molecule has 2 aromatic heterocycles. The predicted octanol–water partition coefficient (Wildman–Crippen LogP) is 7.80. The molecule has 0 saturated carbocycles. The van der Waals surface area contributed by atoms with Gasteiger partial charge in [-0.05, 0) is 58.7 Å². The monoisotopic (exact) mass is 518 g/mol. The number of fused-ring (bicyclic) bond motifs is 2. The van der Waals surface area contributed by atoms with Crippen LogP contribution >= 0.6 is 11.3 Å². The number of imidazole rings is 1. The number of thiophene rings is 1. The summed E-state index contributed by atoms with van der Waals surface area (Å²) in [5.74, 6) is 0.859. The first-order valence-electron chi connectivity index (χ1n) is 12.2. The molecule has 0 aliphatic carbocycles. The number of nitrogens with zero attached hydrogens (tertiary/aromatic N) is 2. The fourth-order valence-corrected chi connectivity index (χ4v) is 7.83. The van der Waals surface area contributed by atoms with Crippen LogP contribution in [0.5, 0.6) is 0 Å². The number of para-hydroxylation sites is 1. The van der Waals surface area contributed by atoms with E-state index in [0.29, 0.717) is 32.9 Å². The van der Waals surface area contributed by atoms with Gasteiger partial charge in [0.15, 0.2) is 0 Å². The number of aryl methyl sites for hydroxylation is 1. The van der Waals surface area contributed by atoms with Gasteiger partial charge in [-0.2, -0.15) is 0 Å². The van der Waals surface area contributed by atoms with Gasteiger partial charge in [-0.15, -0.1) is 11.3 Å². The van der Waals surface area contributed by atoms with Crippen LogP contribution in [-0.4, -0.2) is 18.0 Å². The zero-order chi connectivity index (χ0) is 25.1. The lowest BCUT2D eigenvalue weighted by molar-refractivity contribution is 0.594. The van der Waals surface area contributed by atoms with Gasteiger partial charge in [0.25, 0.3) is 0 Å². The van der Waals surface area contributed by atoms with Crippen molar-refractivity contribution in [3.63, 3.8) is 0 Å². The summed E-state index contributed by atoms with van der Waals surface area (Å²) >= 11 is 1.76. The first-order chi connectivity index (χ1) is 18.0. The number of rotatable bonds is 4. The third-order valence-corrected chi connectivity index (χ3v) is 9.95. The Morgan fingerprint density at radius 3 is 2.08 bits per heavy atom. The first-order valence-corrected chi connectivity index (χ1v) is 14.5. The molecule has 0 radical (unpaired) electrons. The van der Waals surface area contributed by atoms with Crippen LogP contribution in [0, 0.1) is 0 Å². The highest BCUT2D eigenvalue weighted by Gasteiger charge is 2.33. The van der Waals surface area contributed by atoms with Gasteiger partial charge >= 0.3 is 0 Å². The van der Waals surface area contributed by atoms with Crippen molar-refractivity contribution in [3.05, 3.63) is 109 Å². The molecule has 1 aliphatic rings. The summed E-state index contributed by atoms with van der Waals surface area (Å²) < 4.78 is 29.4. The van der Waals surface area contributed by atoms with Crippen LogP contribution < -0.4 is 0 Å². The van der Waals surface area contributed by atoms with Crippen molar-refractivity contribution in [2.75, 3.05) is 0 Å². The Balaban J connectivity index is 1.33. The molecular weight excluding hydrogens is 496 g/mol. The molecule has 7 rings (SSSR count). The van der Waals surface area contributed by atoms with Gasteiger partial charge in [-0.25, -0.2) is 13.4 Å². The molecular formula is C31H22N2O2S2. The van der Waals surface area contributed by atoms with Crippen LogP contribution in [0.3, 0.4) is 0 Å². The van der Waals surface area contributed by atoms with E-state index in [9.17, 15) is 8.42 Å². The number of sulfone groups is 1. The van der Waals surface area contributed by atoms with Crippen LogP contribution in [0.15, 0.2) is 113 Å². The zero-order valence-corrected chi connectivity index (χ0v) is 21.7. The lowest BCUT2D eigenvalue weighted by Gasteiger charge is -2.21. The molecule has 0 fully saturated rings. The summed E-state index contributed by atoms with van der Waals surface area (Å²) in [4.78, 5) is 7.93. The second-order valence-electron chi connectivity index (χ2n) is 9.14. The van der Waals surface area contributed by atoms with Gasteiger partial charge in [-0.3, -0.25) is 4.57 Å². The quantitative estimate of drug-likeness (QED) is 0.239. The van der Waals surface area contributed by atoms with E-state index in [0.717, 1.165) is 22.5 Å². The van der Waals surface area contributed by atoms with Crippen molar-refractivity contribution >= 4 is 32.2 Å². The van der Waals surface area contributed by atoms with E-state index >= 15 is 0 Å². The Labute approximate surface area is 219 Å². The van der Waals surface area contributed by atoms with Gasteiger partial charge in [-0.1, -0.05) is 73.7 Å². The minimum absolute atomic E-state index is 0.320. The Morgan fingerprint density at radius 2 is 1.35 bits per heavy atom. The maximum Gasteiger partial charge on any atom is 0.210 e. The molecule has 1 aliphatic heterocycles. The average Bonchev–Trinajstić information content (AvgIpc) is 3.58. The highest BCUT2D eigenvalue weighted by atomic mass is 32.2. The lowest BCUT2D eigenvalue weighted by atomic mass is 10.0. The zero-order valence-electron chi connectivity index (χ0n) is 20.0. The third-order valence-electron chi connectivity index (χ3n) is 6.95. The molecule has 4 nitrogen and oxygen atoms in total. The molecule has 6 heteroatoms. The standard InChI is InChI=1S/C31H22N2O2S2/c1-2-30-32-24-18-23(19-29-31(24)33(30)25-10-6-7-11-28(25)37(29,34)35)20-12-14-22(15-13-20)27-17-16-26(36-27)21-8-4-3-5-9-21/h3-19H,2H2,1H3. The fraction of sp³-hybridized carbons (Fsp3) is 0.0645. The molecule has 180 valence electrons. The van der Waals surface area contributed by atoms with E-state index in [2.05, 4.69) is 60.7 Å². The summed E-state index contributed by atoms with van der Waals surface area (Å²) in [5, 5.41) is 0. The summed E-state index contributed by atoms with van der Waals surface area (Å²) in [6.07, 6.45) is 0.707. The summed E-state index contributed by atoms with van der Waals surface area (Å²) in [6, 6.07) is 34.0. The molecule has 0 saturated heterocycles. The smallest absolute Gasteiger partial charge is 0.210 e. The van der Waals surface area contributed by atoms with Gasteiger partial charge in [0, 0.05) is 16.2 Å². The van der Waals surface area contributed by atoms with Crippen molar-refractivity contribution in [1.82, 2.24) is 9.55 Å². The summed E-state index contributed by atoms with van der Waals surface area (Å²) in [5.41, 5.74) is 6.21. The van der Waals surface area contributed by atoms with Gasteiger partial charge in [0.2, 0.25) is 9.84 Å². The highest BCUT2D eigenvalue weighted by molar-refractivity contribution is 7.92. The number of benzene rings is 4. The molecule has 37 heavy (non-hydrogen) atoms. The average molecular weight is 519 g/mol. The summed E-state index contributed by atoms with van der Waals surface area (Å²) in [6.45, 7) is 2.05. The third kappa shape index (κ3) is 3.40. The lowest BCUT2D eigenvalue weighted by Crippen LogP contribution is -2.15. The Kier molecular flexibility index (Phi) is 4.96. The topological polar surface area (TPSA) is 52.0 Å². The Bertz CT molecular complexity index is 1920. The van der Waals surface area contributed by atoms with Crippen molar-refractivity contribution in [2.45, 2.75) is 23.1 Å². The van der Waals surface area contributed by atoms with E-state index in [1.165, 1.54) is 15.3 Å². The molecule has 0 bridgehead atoms. The van der Waals surface area contributed by atoms with E-state index in [4.69, 9.17) is 4.98 Å². The van der Waals surface area contributed by atoms with Crippen molar-refractivity contribution in [2.24, 2.45) is 0 Å². The normalized spacial score (nSPS) is 13.5. The summed E-state index contributed by atoms with van der Waals surface area (Å²) in [7, 11) is -3.67. The highest BCUT2D eigenvalue weighted by Crippen LogP contribution is 2.42. The maximum absolute atomic E-state index is 13.7.